The normalized spacial score (nSPS) is 25.7. The highest BCUT2D eigenvalue weighted by Gasteiger charge is 2.39. The summed E-state index contributed by atoms with van der Waals surface area (Å²) in [5.74, 6) is -1.22. The van der Waals surface area contributed by atoms with Crippen LogP contribution < -0.4 is 4.74 Å². The van der Waals surface area contributed by atoms with Gasteiger partial charge in [-0.25, -0.2) is 4.39 Å². The fourth-order valence-electron chi connectivity index (χ4n) is 3.47. The maximum atomic E-state index is 12.9. The molecule has 0 radical (unpaired) electrons. The SMILES string of the molecule is O=C(O)CCC/C=C\C[C@@H]1[C@@H](/C=C/[C@H](O)COc2ccc(F)cc2)[C@H](O)C[C@@H]1O. The van der Waals surface area contributed by atoms with Gasteiger partial charge >= 0.3 is 5.97 Å². The van der Waals surface area contributed by atoms with Crippen molar-refractivity contribution in [1.82, 2.24) is 0 Å². The maximum absolute atomic E-state index is 12.9. The Kier molecular flexibility index (Phi) is 9.31. The van der Waals surface area contributed by atoms with E-state index in [0.717, 1.165) is 0 Å². The molecule has 7 heteroatoms. The van der Waals surface area contributed by atoms with Crippen molar-refractivity contribution >= 4 is 5.97 Å². The van der Waals surface area contributed by atoms with Crippen LogP contribution in [-0.2, 0) is 4.79 Å². The van der Waals surface area contributed by atoms with Crippen molar-refractivity contribution in [2.75, 3.05) is 6.61 Å². The number of halogens is 1. The Hall–Kier alpha value is -2.22. The van der Waals surface area contributed by atoms with Gasteiger partial charge in [-0.3, -0.25) is 4.79 Å². The van der Waals surface area contributed by atoms with Gasteiger partial charge in [0, 0.05) is 18.8 Å². The number of benzene rings is 1. The summed E-state index contributed by atoms with van der Waals surface area (Å²) in [6.45, 7) is -0.0123. The van der Waals surface area contributed by atoms with Gasteiger partial charge in [-0.05, 0) is 49.4 Å². The lowest BCUT2D eigenvalue weighted by atomic mass is 9.89. The molecular weight excluding hydrogens is 379 g/mol. The van der Waals surface area contributed by atoms with Gasteiger partial charge in [0.25, 0.3) is 0 Å². The van der Waals surface area contributed by atoms with Crippen molar-refractivity contribution in [1.29, 1.82) is 0 Å². The third kappa shape index (κ3) is 7.97. The number of aliphatic hydroxyl groups excluding tert-OH is 3. The first-order chi connectivity index (χ1) is 13.9. The topological polar surface area (TPSA) is 107 Å². The number of ether oxygens (including phenoxy) is 1. The number of carboxylic acids is 1. The van der Waals surface area contributed by atoms with E-state index in [1.807, 2.05) is 12.2 Å². The Balaban J connectivity index is 1.82. The van der Waals surface area contributed by atoms with Gasteiger partial charge in [0.1, 0.15) is 24.3 Å². The molecule has 1 fully saturated rings. The minimum atomic E-state index is -0.905. The zero-order valence-electron chi connectivity index (χ0n) is 16.2. The standard InChI is InChI=1S/C22H29FO6/c23-15-7-10-17(11-8-15)29-14-16(24)9-12-19-18(20(25)13-21(19)26)5-3-1-2-4-6-22(27)28/h1,3,7-12,16,18-21,24-26H,2,4-6,13-14H2,(H,27,28)/b3-1-,12-9+/t16-,18+,19+,20-,21+/m0/s1. The molecule has 0 unspecified atom stereocenters. The molecule has 1 aromatic rings. The number of hydrogen-bond donors (Lipinski definition) is 4. The molecule has 1 aliphatic carbocycles. The zero-order valence-corrected chi connectivity index (χ0v) is 16.2. The van der Waals surface area contributed by atoms with E-state index >= 15 is 0 Å². The zero-order chi connectivity index (χ0) is 21.2. The Bertz CT molecular complexity index is 687. The number of aliphatic carboxylic acids is 1. The molecule has 0 aromatic heterocycles. The van der Waals surface area contributed by atoms with E-state index in [0.29, 0.717) is 25.0 Å². The molecule has 1 saturated carbocycles. The molecule has 29 heavy (non-hydrogen) atoms. The first kappa shape index (κ1) is 23.1. The largest absolute Gasteiger partial charge is 0.491 e. The van der Waals surface area contributed by atoms with E-state index in [-0.39, 0.29) is 37.1 Å². The van der Waals surface area contributed by atoms with Gasteiger partial charge in [0.2, 0.25) is 0 Å². The van der Waals surface area contributed by atoms with Crippen molar-refractivity contribution in [3.63, 3.8) is 0 Å². The molecular formula is C22H29FO6. The van der Waals surface area contributed by atoms with Crippen LogP contribution in [0, 0.1) is 17.7 Å². The highest BCUT2D eigenvalue weighted by atomic mass is 19.1. The van der Waals surface area contributed by atoms with Crippen LogP contribution in [0.2, 0.25) is 0 Å². The van der Waals surface area contributed by atoms with Crippen LogP contribution in [0.4, 0.5) is 4.39 Å². The average molecular weight is 408 g/mol. The van der Waals surface area contributed by atoms with Crippen molar-refractivity contribution in [3.05, 3.63) is 54.4 Å². The van der Waals surface area contributed by atoms with Crippen molar-refractivity contribution in [2.24, 2.45) is 11.8 Å². The predicted molar refractivity (Wildman–Crippen MR) is 106 cm³/mol. The van der Waals surface area contributed by atoms with E-state index in [9.17, 15) is 24.5 Å². The predicted octanol–water partition coefficient (Wildman–Crippen LogP) is 2.68. The second kappa shape index (κ2) is 11.7. The summed E-state index contributed by atoms with van der Waals surface area (Å²) in [7, 11) is 0. The summed E-state index contributed by atoms with van der Waals surface area (Å²) >= 11 is 0. The van der Waals surface area contributed by atoms with Crippen molar-refractivity contribution in [2.45, 2.75) is 50.4 Å². The number of carboxylic acid groups (broad SMARTS) is 1. The molecule has 1 aromatic carbocycles. The summed E-state index contributed by atoms with van der Waals surface area (Å²) in [5.41, 5.74) is 0. The van der Waals surface area contributed by atoms with E-state index in [1.165, 1.54) is 24.3 Å². The summed E-state index contributed by atoms with van der Waals surface area (Å²) in [5, 5.41) is 39.2. The second-order valence-corrected chi connectivity index (χ2v) is 7.32. The Labute approximate surface area is 170 Å². The molecule has 6 nitrogen and oxygen atoms in total. The second-order valence-electron chi connectivity index (χ2n) is 7.32. The summed E-state index contributed by atoms with van der Waals surface area (Å²) in [6.07, 6.45) is 6.97. The number of hydrogen-bond acceptors (Lipinski definition) is 5. The number of carbonyl (C=O) groups is 1. The third-order valence-corrected chi connectivity index (χ3v) is 5.04. The van der Waals surface area contributed by atoms with Crippen LogP contribution >= 0.6 is 0 Å². The van der Waals surface area contributed by atoms with Gasteiger partial charge in [-0.1, -0.05) is 24.3 Å². The van der Waals surface area contributed by atoms with E-state index in [1.54, 1.807) is 12.2 Å². The molecule has 0 heterocycles. The van der Waals surface area contributed by atoms with Crippen molar-refractivity contribution < 1.29 is 34.3 Å². The lowest BCUT2D eigenvalue weighted by molar-refractivity contribution is -0.137. The monoisotopic (exact) mass is 408 g/mol. The quantitative estimate of drug-likeness (QED) is 0.331. The van der Waals surface area contributed by atoms with E-state index in [4.69, 9.17) is 9.84 Å². The van der Waals surface area contributed by atoms with Crippen LogP contribution in [0.1, 0.15) is 32.1 Å². The third-order valence-electron chi connectivity index (χ3n) is 5.04. The van der Waals surface area contributed by atoms with Gasteiger partial charge in [0.15, 0.2) is 0 Å². The fraction of sp³-hybridized carbons (Fsp3) is 0.500. The highest BCUT2D eigenvalue weighted by molar-refractivity contribution is 5.66. The number of rotatable bonds is 11. The molecule has 0 spiro atoms. The molecule has 4 N–H and O–H groups in total. The molecule has 2 rings (SSSR count). The summed E-state index contributed by atoms with van der Waals surface area (Å²) in [6, 6.07) is 5.49. The van der Waals surface area contributed by atoms with Crippen molar-refractivity contribution in [3.8, 4) is 5.75 Å². The number of aliphatic hydroxyl groups is 3. The fourth-order valence-corrected chi connectivity index (χ4v) is 3.47. The molecule has 0 bridgehead atoms. The minimum absolute atomic E-state index is 0.0123. The molecule has 0 amide bonds. The Morgan fingerprint density at radius 3 is 2.62 bits per heavy atom. The van der Waals surface area contributed by atoms with Crippen LogP contribution in [0.3, 0.4) is 0 Å². The minimum Gasteiger partial charge on any atom is -0.491 e. The smallest absolute Gasteiger partial charge is 0.303 e. The summed E-state index contributed by atoms with van der Waals surface area (Å²) in [4.78, 5) is 10.5. The maximum Gasteiger partial charge on any atom is 0.303 e. The van der Waals surface area contributed by atoms with Gasteiger partial charge in [-0.2, -0.15) is 0 Å². The average Bonchev–Trinajstić information content (AvgIpc) is 2.94. The lowest BCUT2D eigenvalue weighted by Crippen LogP contribution is -2.21. The molecule has 5 atom stereocenters. The first-order valence-electron chi connectivity index (χ1n) is 9.84. The summed E-state index contributed by atoms with van der Waals surface area (Å²) < 4.78 is 18.3. The van der Waals surface area contributed by atoms with Crippen LogP contribution in [-0.4, -0.2) is 51.3 Å². The van der Waals surface area contributed by atoms with E-state index in [2.05, 4.69) is 0 Å². The first-order valence-corrected chi connectivity index (χ1v) is 9.84. The molecule has 0 saturated heterocycles. The van der Waals surface area contributed by atoms with Gasteiger partial charge < -0.3 is 25.2 Å². The van der Waals surface area contributed by atoms with Crippen LogP contribution in [0.5, 0.6) is 5.75 Å². The van der Waals surface area contributed by atoms with Crippen LogP contribution in [0.25, 0.3) is 0 Å². The van der Waals surface area contributed by atoms with Gasteiger partial charge in [0.05, 0.1) is 12.2 Å². The van der Waals surface area contributed by atoms with Gasteiger partial charge in [-0.15, -0.1) is 0 Å². The Morgan fingerprint density at radius 1 is 1.21 bits per heavy atom. The molecule has 160 valence electrons. The Morgan fingerprint density at radius 2 is 1.93 bits per heavy atom. The number of unbranched alkanes of at least 4 members (excludes halogenated alkanes) is 1. The lowest BCUT2D eigenvalue weighted by Gasteiger charge is -2.19. The van der Waals surface area contributed by atoms with Crippen LogP contribution in [0.15, 0.2) is 48.6 Å². The molecule has 0 aliphatic heterocycles. The molecule has 1 aliphatic rings. The highest BCUT2D eigenvalue weighted by Crippen LogP contribution is 2.36. The van der Waals surface area contributed by atoms with E-state index < -0.39 is 24.3 Å². The number of allylic oxidation sites excluding steroid dienone is 2.